The average Bonchev–Trinajstić information content (AvgIpc) is 2.53. The molecule has 0 spiro atoms. The van der Waals surface area contributed by atoms with E-state index in [4.69, 9.17) is 16.3 Å². The van der Waals surface area contributed by atoms with Crippen molar-refractivity contribution in [3.63, 3.8) is 0 Å². The third-order valence-electron chi connectivity index (χ3n) is 3.66. The molecule has 22 heavy (non-hydrogen) atoms. The van der Waals surface area contributed by atoms with Gasteiger partial charge in [0.1, 0.15) is 6.61 Å². The Labute approximate surface area is 143 Å². The Kier molecular flexibility index (Phi) is 4.69. The molecule has 0 fully saturated rings. The summed E-state index contributed by atoms with van der Waals surface area (Å²) in [5, 5.41) is 0.605. The molecular weight excluding hydrogens is 366 g/mol. The molecule has 2 aromatic rings. The molecule has 0 saturated carbocycles. The van der Waals surface area contributed by atoms with E-state index in [0.29, 0.717) is 11.6 Å². The minimum absolute atomic E-state index is 0.271. The van der Waals surface area contributed by atoms with Gasteiger partial charge in [-0.15, -0.1) is 0 Å². The Balaban J connectivity index is 1.77. The molecule has 0 radical (unpaired) electrons. The van der Waals surface area contributed by atoms with Gasteiger partial charge in [-0.3, -0.25) is 4.90 Å². The largest absolute Gasteiger partial charge is 0.444 e. The Morgan fingerprint density at radius 2 is 2.05 bits per heavy atom. The van der Waals surface area contributed by atoms with Crippen LogP contribution in [-0.4, -0.2) is 12.6 Å². The third-order valence-corrected chi connectivity index (χ3v) is 4.59. The van der Waals surface area contributed by atoms with Gasteiger partial charge in [0.05, 0.1) is 5.69 Å². The maximum absolute atomic E-state index is 12.4. The van der Waals surface area contributed by atoms with Gasteiger partial charge in [-0.2, -0.15) is 0 Å². The number of carbonyl (C=O) groups excluding carboxylic acids is 1. The van der Waals surface area contributed by atoms with Crippen molar-refractivity contribution in [2.24, 2.45) is 0 Å². The second-order valence-electron chi connectivity index (χ2n) is 5.18. The predicted molar refractivity (Wildman–Crippen MR) is 91.4 cm³/mol. The van der Waals surface area contributed by atoms with Gasteiger partial charge >= 0.3 is 6.09 Å². The van der Waals surface area contributed by atoms with Crippen molar-refractivity contribution in [1.29, 1.82) is 0 Å². The van der Waals surface area contributed by atoms with Gasteiger partial charge in [0, 0.05) is 16.0 Å². The van der Waals surface area contributed by atoms with E-state index in [1.807, 2.05) is 42.5 Å². The topological polar surface area (TPSA) is 29.5 Å². The van der Waals surface area contributed by atoms with Crippen LogP contribution in [0.1, 0.15) is 17.5 Å². The first-order chi connectivity index (χ1) is 10.6. The zero-order valence-corrected chi connectivity index (χ0v) is 14.2. The molecule has 0 atom stereocenters. The zero-order chi connectivity index (χ0) is 15.5. The number of hydrogen-bond donors (Lipinski definition) is 0. The molecule has 3 nitrogen and oxygen atoms in total. The fourth-order valence-electron chi connectivity index (χ4n) is 2.60. The first kappa shape index (κ1) is 15.4. The summed E-state index contributed by atoms with van der Waals surface area (Å²) >= 11 is 9.64. The highest BCUT2D eigenvalue weighted by atomic mass is 79.9. The van der Waals surface area contributed by atoms with E-state index in [-0.39, 0.29) is 12.7 Å². The van der Waals surface area contributed by atoms with Crippen LogP contribution < -0.4 is 4.90 Å². The molecule has 2 aromatic carbocycles. The summed E-state index contributed by atoms with van der Waals surface area (Å²) in [5.41, 5.74) is 2.91. The summed E-state index contributed by atoms with van der Waals surface area (Å²) in [6.07, 6.45) is 1.50. The van der Waals surface area contributed by atoms with Crippen LogP contribution >= 0.6 is 27.5 Å². The minimum atomic E-state index is -0.334. The number of fused-ring (bicyclic) bond motifs is 1. The first-order valence-corrected chi connectivity index (χ1v) is 8.28. The van der Waals surface area contributed by atoms with Crippen LogP contribution in [0.3, 0.4) is 0 Å². The Morgan fingerprint density at radius 1 is 1.27 bits per heavy atom. The lowest BCUT2D eigenvalue weighted by molar-refractivity contribution is 0.146. The van der Waals surface area contributed by atoms with Crippen LogP contribution in [0, 0.1) is 0 Å². The summed E-state index contributed by atoms with van der Waals surface area (Å²) < 4.78 is 6.37. The Morgan fingerprint density at radius 3 is 2.82 bits per heavy atom. The van der Waals surface area contributed by atoms with Gasteiger partial charge in [0.15, 0.2) is 0 Å². The van der Waals surface area contributed by atoms with Crippen LogP contribution in [0.25, 0.3) is 0 Å². The monoisotopic (exact) mass is 379 g/mol. The van der Waals surface area contributed by atoms with Crippen molar-refractivity contribution in [3.05, 3.63) is 63.1 Å². The van der Waals surface area contributed by atoms with Crippen LogP contribution in [0.5, 0.6) is 0 Å². The predicted octanol–water partition coefficient (Wildman–Crippen LogP) is 5.19. The highest BCUT2D eigenvalue weighted by Gasteiger charge is 2.25. The summed E-state index contributed by atoms with van der Waals surface area (Å²) in [6.45, 7) is 0.917. The maximum Gasteiger partial charge on any atom is 0.414 e. The SMILES string of the molecule is O=C(OCc1ccccc1)N1CCCc2c(Br)cc(Cl)cc21. The maximum atomic E-state index is 12.4. The standard InChI is InChI=1S/C17H15BrClNO2/c18-15-9-13(19)10-16-14(15)7-4-8-20(16)17(21)22-11-12-5-2-1-3-6-12/h1-3,5-6,9-10H,4,7-8,11H2. The lowest BCUT2D eigenvalue weighted by Crippen LogP contribution is -2.36. The highest BCUT2D eigenvalue weighted by Crippen LogP contribution is 2.36. The molecule has 0 unspecified atom stereocenters. The highest BCUT2D eigenvalue weighted by molar-refractivity contribution is 9.10. The zero-order valence-electron chi connectivity index (χ0n) is 11.9. The Bertz CT molecular complexity index is 691. The van der Waals surface area contributed by atoms with Gasteiger partial charge in [0.25, 0.3) is 0 Å². The molecule has 0 bridgehead atoms. The van der Waals surface area contributed by atoms with Gasteiger partial charge in [-0.25, -0.2) is 4.79 Å². The van der Waals surface area contributed by atoms with Gasteiger partial charge in [0.2, 0.25) is 0 Å². The quantitative estimate of drug-likeness (QED) is 0.717. The number of carbonyl (C=O) groups is 1. The fraction of sp³-hybridized carbons (Fsp3) is 0.235. The molecule has 0 saturated heterocycles. The van der Waals surface area contributed by atoms with Crippen molar-refractivity contribution in [3.8, 4) is 0 Å². The lowest BCUT2D eigenvalue weighted by Gasteiger charge is -2.29. The fourth-order valence-corrected chi connectivity index (χ4v) is 3.59. The molecule has 0 aliphatic carbocycles. The lowest BCUT2D eigenvalue weighted by atomic mass is 10.0. The Hall–Kier alpha value is -1.52. The van der Waals surface area contributed by atoms with Gasteiger partial charge < -0.3 is 4.74 Å². The molecule has 5 heteroatoms. The molecule has 3 rings (SSSR count). The van der Waals surface area contributed by atoms with E-state index >= 15 is 0 Å². The van der Waals surface area contributed by atoms with E-state index in [1.54, 1.807) is 4.90 Å². The molecule has 1 aliphatic heterocycles. The van der Waals surface area contributed by atoms with Crippen LogP contribution in [0.15, 0.2) is 46.9 Å². The molecular formula is C17H15BrClNO2. The van der Waals surface area contributed by atoms with Crippen LogP contribution in [0.2, 0.25) is 5.02 Å². The molecule has 0 N–H and O–H groups in total. The number of nitrogens with zero attached hydrogens (tertiary/aromatic N) is 1. The second-order valence-corrected chi connectivity index (χ2v) is 6.47. The summed E-state index contributed by atoms with van der Waals surface area (Å²) in [5.74, 6) is 0. The van der Waals surface area contributed by atoms with Crippen molar-refractivity contribution in [1.82, 2.24) is 0 Å². The molecule has 1 aliphatic rings. The van der Waals surface area contributed by atoms with Crippen molar-refractivity contribution in [2.75, 3.05) is 11.4 Å². The number of benzene rings is 2. The van der Waals surface area contributed by atoms with Gasteiger partial charge in [-0.05, 0) is 36.1 Å². The average molecular weight is 381 g/mol. The molecule has 1 heterocycles. The number of hydrogen-bond acceptors (Lipinski definition) is 2. The minimum Gasteiger partial charge on any atom is -0.444 e. The number of rotatable bonds is 2. The van der Waals surface area contributed by atoms with E-state index in [1.165, 1.54) is 0 Å². The summed E-state index contributed by atoms with van der Waals surface area (Å²) in [7, 11) is 0. The van der Waals surface area contributed by atoms with E-state index in [2.05, 4.69) is 15.9 Å². The van der Waals surface area contributed by atoms with Crippen LogP contribution in [0.4, 0.5) is 10.5 Å². The number of halogens is 2. The number of amides is 1. The molecule has 114 valence electrons. The summed E-state index contributed by atoms with van der Waals surface area (Å²) in [6, 6.07) is 13.3. The van der Waals surface area contributed by atoms with Crippen molar-refractivity contribution in [2.45, 2.75) is 19.4 Å². The van der Waals surface area contributed by atoms with E-state index in [0.717, 1.165) is 34.1 Å². The van der Waals surface area contributed by atoms with Crippen molar-refractivity contribution < 1.29 is 9.53 Å². The normalized spacial score (nSPS) is 13.6. The van der Waals surface area contributed by atoms with E-state index in [9.17, 15) is 4.79 Å². The first-order valence-electron chi connectivity index (χ1n) is 7.11. The number of ether oxygens (including phenoxy) is 1. The molecule has 0 aromatic heterocycles. The van der Waals surface area contributed by atoms with E-state index < -0.39 is 0 Å². The third kappa shape index (κ3) is 3.28. The van der Waals surface area contributed by atoms with Crippen LogP contribution in [-0.2, 0) is 17.8 Å². The smallest absolute Gasteiger partial charge is 0.414 e. The second kappa shape index (κ2) is 6.71. The summed E-state index contributed by atoms with van der Waals surface area (Å²) in [4.78, 5) is 14.1. The number of anilines is 1. The van der Waals surface area contributed by atoms with Gasteiger partial charge in [-0.1, -0.05) is 57.9 Å². The molecule has 1 amide bonds. The van der Waals surface area contributed by atoms with Crippen molar-refractivity contribution >= 4 is 39.3 Å².